The molecule has 9 nitrogen and oxygen atoms in total. The Labute approximate surface area is 180 Å². The van der Waals surface area contributed by atoms with Gasteiger partial charge in [-0.1, -0.05) is 18.2 Å². The molecule has 2 aromatic heterocycles. The minimum atomic E-state index is -0.161. The predicted octanol–water partition coefficient (Wildman–Crippen LogP) is 2.39. The van der Waals surface area contributed by atoms with Crippen LogP contribution < -0.4 is 5.69 Å². The summed E-state index contributed by atoms with van der Waals surface area (Å²) < 4.78 is 14.0. The fourth-order valence-electron chi connectivity index (χ4n) is 3.96. The second kappa shape index (κ2) is 9.30. The molecule has 0 N–H and O–H groups in total. The first-order chi connectivity index (χ1) is 15.1. The molecule has 4 rings (SSSR count). The van der Waals surface area contributed by atoms with E-state index in [0.29, 0.717) is 38.7 Å². The first-order valence-corrected chi connectivity index (χ1v) is 10.6. The van der Waals surface area contributed by atoms with Crippen LogP contribution in [0, 0.1) is 0 Å². The van der Waals surface area contributed by atoms with Crippen LogP contribution in [0.1, 0.15) is 42.1 Å². The molecule has 0 spiro atoms. The Balaban J connectivity index is 1.43. The summed E-state index contributed by atoms with van der Waals surface area (Å²) in [5.41, 5.74) is 0.727. The van der Waals surface area contributed by atoms with Gasteiger partial charge in [-0.3, -0.25) is 9.36 Å². The van der Waals surface area contributed by atoms with E-state index in [1.165, 1.54) is 10.9 Å². The van der Waals surface area contributed by atoms with Gasteiger partial charge in [0.25, 0.3) is 5.91 Å². The van der Waals surface area contributed by atoms with Gasteiger partial charge in [0.2, 0.25) is 11.7 Å². The van der Waals surface area contributed by atoms with Crippen molar-refractivity contribution in [3.8, 4) is 11.5 Å². The van der Waals surface area contributed by atoms with E-state index in [9.17, 15) is 9.59 Å². The molecule has 3 heterocycles. The number of piperidine rings is 1. The van der Waals surface area contributed by atoms with Crippen molar-refractivity contribution in [2.24, 2.45) is 0 Å². The van der Waals surface area contributed by atoms with Gasteiger partial charge in [-0.25, -0.2) is 14.5 Å². The lowest BCUT2D eigenvalue weighted by molar-refractivity contribution is 0.0679. The third-order valence-corrected chi connectivity index (χ3v) is 5.66. The lowest BCUT2D eigenvalue weighted by atomic mass is 9.95. The number of aromatic nitrogens is 4. The maximum Gasteiger partial charge on any atom is 0.345 e. The van der Waals surface area contributed by atoms with Gasteiger partial charge in [-0.2, -0.15) is 5.10 Å². The predicted molar refractivity (Wildman–Crippen MR) is 114 cm³/mol. The highest BCUT2D eigenvalue weighted by Gasteiger charge is 2.30. The van der Waals surface area contributed by atoms with Gasteiger partial charge in [0.05, 0.1) is 19.3 Å². The number of hydrogen-bond donors (Lipinski definition) is 0. The van der Waals surface area contributed by atoms with Gasteiger partial charge < -0.3 is 14.1 Å². The third kappa shape index (κ3) is 4.32. The Bertz CT molecular complexity index is 1080. The number of carbonyl (C=O) groups excluding carboxylic acids is 1. The molecule has 1 saturated heterocycles. The van der Waals surface area contributed by atoms with Crippen LogP contribution in [-0.2, 0) is 17.8 Å². The lowest BCUT2D eigenvalue weighted by Gasteiger charge is -2.30. The molecule has 31 heavy (non-hydrogen) atoms. The maximum atomic E-state index is 12.9. The zero-order valence-electron chi connectivity index (χ0n) is 17.9. The van der Waals surface area contributed by atoms with Crippen molar-refractivity contribution in [1.82, 2.24) is 24.2 Å². The minimum Gasteiger partial charge on any atom is -0.431 e. The summed E-state index contributed by atoms with van der Waals surface area (Å²) in [6, 6.07) is 9.51. The van der Waals surface area contributed by atoms with Gasteiger partial charge in [0.1, 0.15) is 5.82 Å². The topological polar surface area (TPSA) is 95.4 Å². The van der Waals surface area contributed by atoms with Gasteiger partial charge in [0, 0.05) is 38.2 Å². The Morgan fingerprint density at radius 1 is 1.23 bits per heavy atom. The summed E-state index contributed by atoms with van der Waals surface area (Å²) >= 11 is 0. The van der Waals surface area contributed by atoms with E-state index in [-0.39, 0.29) is 23.3 Å². The molecule has 1 aliphatic rings. The van der Waals surface area contributed by atoms with E-state index in [4.69, 9.17) is 9.15 Å². The van der Waals surface area contributed by atoms with Crippen molar-refractivity contribution in [3.05, 3.63) is 58.6 Å². The second-order valence-electron chi connectivity index (χ2n) is 7.56. The maximum absolute atomic E-state index is 12.9. The smallest absolute Gasteiger partial charge is 0.345 e. The van der Waals surface area contributed by atoms with Crippen molar-refractivity contribution < 1.29 is 13.9 Å². The number of nitrogens with zero attached hydrogens (tertiary/aromatic N) is 5. The number of benzene rings is 1. The zero-order valence-corrected chi connectivity index (χ0v) is 17.9. The number of oxazole rings is 1. The molecule has 0 aliphatic carbocycles. The van der Waals surface area contributed by atoms with E-state index in [0.717, 1.165) is 24.2 Å². The van der Waals surface area contributed by atoms with Crippen LogP contribution in [0.25, 0.3) is 11.5 Å². The molecule has 0 atom stereocenters. The Morgan fingerprint density at radius 3 is 2.65 bits per heavy atom. The Hall–Kier alpha value is -3.20. The molecule has 1 aliphatic heterocycles. The van der Waals surface area contributed by atoms with Gasteiger partial charge in [-0.15, -0.1) is 0 Å². The first kappa shape index (κ1) is 21.0. The molecule has 0 bridgehead atoms. The number of rotatable bonds is 7. The van der Waals surface area contributed by atoms with Crippen LogP contribution >= 0.6 is 0 Å². The highest BCUT2D eigenvalue weighted by atomic mass is 16.5. The normalized spacial score (nSPS) is 14.8. The molecule has 1 aromatic carbocycles. The van der Waals surface area contributed by atoms with E-state index in [1.54, 1.807) is 16.6 Å². The number of amides is 1. The highest BCUT2D eigenvalue weighted by molar-refractivity contribution is 5.91. The van der Waals surface area contributed by atoms with Gasteiger partial charge >= 0.3 is 5.69 Å². The quantitative estimate of drug-likeness (QED) is 0.577. The number of likely N-dealkylation sites (tertiary alicyclic amines) is 1. The summed E-state index contributed by atoms with van der Waals surface area (Å²) in [4.78, 5) is 31.5. The molecular weight excluding hydrogens is 398 g/mol. The van der Waals surface area contributed by atoms with Crippen molar-refractivity contribution >= 4 is 5.91 Å². The minimum absolute atomic E-state index is 0.108. The number of hydrogen-bond acceptors (Lipinski definition) is 6. The summed E-state index contributed by atoms with van der Waals surface area (Å²) in [7, 11) is 1.60. The summed E-state index contributed by atoms with van der Waals surface area (Å²) in [6.45, 7) is 4.54. The van der Waals surface area contributed by atoms with E-state index < -0.39 is 0 Å². The molecule has 3 aromatic rings. The number of methoxy groups -OCH3 is 1. The largest absolute Gasteiger partial charge is 0.431 e. The number of ether oxygens (including phenoxy) is 1. The van der Waals surface area contributed by atoms with Crippen molar-refractivity contribution in [2.75, 3.05) is 26.8 Å². The van der Waals surface area contributed by atoms with Crippen LogP contribution in [0.2, 0.25) is 0 Å². The lowest BCUT2D eigenvalue weighted by Crippen LogP contribution is -2.38. The van der Waals surface area contributed by atoms with Crippen LogP contribution in [0.15, 0.2) is 45.7 Å². The van der Waals surface area contributed by atoms with E-state index in [1.807, 2.05) is 37.3 Å². The number of carbonyl (C=O) groups is 1. The highest BCUT2D eigenvalue weighted by Crippen LogP contribution is 2.28. The van der Waals surface area contributed by atoms with Crippen LogP contribution in [0.5, 0.6) is 0 Å². The standard InChI is InChI=1S/C22H27N5O4/c1-3-26-19(24-27(22(26)29)13-14-30-2)16-9-11-25(12-10-16)21(28)18-15-23-20(31-18)17-7-5-4-6-8-17/h4-8,15-16H,3,9-14H2,1-2H3. The molecule has 0 unspecified atom stereocenters. The third-order valence-electron chi connectivity index (χ3n) is 5.66. The van der Waals surface area contributed by atoms with E-state index in [2.05, 4.69) is 10.1 Å². The van der Waals surface area contributed by atoms with Crippen molar-refractivity contribution in [3.63, 3.8) is 0 Å². The molecule has 1 fully saturated rings. The molecular formula is C22H27N5O4. The summed E-state index contributed by atoms with van der Waals surface area (Å²) in [5, 5.41) is 4.56. The Kier molecular flexibility index (Phi) is 6.31. The van der Waals surface area contributed by atoms with Crippen molar-refractivity contribution in [1.29, 1.82) is 0 Å². The van der Waals surface area contributed by atoms with Crippen LogP contribution in [-0.4, -0.2) is 56.9 Å². The molecule has 9 heteroatoms. The fourth-order valence-corrected chi connectivity index (χ4v) is 3.96. The summed E-state index contributed by atoms with van der Waals surface area (Å²) in [5.74, 6) is 1.45. The average molecular weight is 425 g/mol. The average Bonchev–Trinajstić information content (AvgIpc) is 3.43. The molecule has 0 saturated carbocycles. The van der Waals surface area contributed by atoms with Crippen LogP contribution in [0.4, 0.5) is 0 Å². The second-order valence-corrected chi connectivity index (χ2v) is 7.56. The molecule has 164 valence electrons. The SMILES string of the molecule is CCn1c(C2CCN(C(=O)c3cnc(-c4ccccc4)o3)CC2)nn(CCOC)c1=O. The fraction of sp³-hybridized carbons (Fsp3) is 0.455. The van der Waals surface area contributed by atoms with Crippen molar-refractivity contribution in [2.45, 2.75) is 38.8 Å². The van der Waals surface area contributed by atoms with Crippen LogP contribution in [0.3, 0.4) is 0 Å². The monoisotopic (exact) mass is 425 g/mol. The van der Waals surface area contributed by atoms with Gasteiger partial charge in [-0.05, 0) is 31.9 Å². The molecule has 1 amide bonds. The zero-order chi connectivity index (χ0) is 21.8. The first-order valence-electron chi connectivity index (χ1n) is 10.6. The Morgan fingerprint density at radius 2 is 1.97 bits per heavy atom. The molecule has 0 radical (unpaired) electrons. The van der Waals surface area contributed by atoms with Gasteiger partial charge in [0.15, 0.2) is 0 Å². The van der Waals surface area contributed by atoms with E-state index >= 15 is 0 Å². The summed E-state index contributed by atoms with van der Waals surface area (Å²) in [6.07, 6.45) is 2.97.